The van der Waals surface area contributed by atoms with Crippen LogP contribution in [0.15, 0.2) is 35.9 Å². The van der Waals surface area contributed by atoms with E-state index in [9.17, 15) is 10.1 Å². The van der Waals surface area contributed by atoms with E-state index in [-0.39, 0.29) is 5.57 Å². The minimum Gasteiger partial charge on any atom is -0.348 e. The largest absolute Gasteiger partial charge is 0.348 e. The predicted octanol–water partition coefficient (Wildman–Crippen LogP) is 5.42. The zero-order valence-electron chi connectivity index (χ0n) is 19.9. The Balaban J connectivity index is 1.90. The molecule has 1 amide bonds. The molecule has 0 aliphatic rings. The minimum absolute atomic E-state index is 0.0664. The number of aromatic nitrogens is 3. The van der Waals surface area contributed by atoms with Gasteiger partial charge in [0.2, 0.25) is 0 Å². The molecule has 0 saturated heterocycles. The summed E-state index contributed by atoms with van der Waals surface area (Å²) in [6, 6.07) is 12.1. The summed E-state index contributed by atoms with van der Waals surface area (Å²) in [5.74, 6) is 0.0715. The molecule has 0 bridgehead atoms. The molecule has 1 N–H and O–H groups in total. The number of hydrogen-bond donors (Lipinski definition) is 1. The minimum atomic E-state index is -0.434. The lowest BCUT2D eigenvalue weighted by Gasteiger charge is -2.12. The van der Waals surface area contributed by atoms with Crippen molar-refractivity contribution >= 4 is 17.7 Å². The fourth-order valence-corrected chi connectivity index (χ4v) is 3.87. The number of benzene rings is 1. The predicted molar refractivity (Wildman–Crippen MR) is 129 cm³/mol. The summed E-state index contributed by atoms with van der Waals surface area (Å²) < 4.78 is 4.03. The van der Waals surface area contributed by atoms with Crippen LogP contribution in [0.5, 0.6) is 0 Å². The zero-order valence-corrected chi connectivity index (χ0v) is 19.9. The van der Waals surface area contributed by atoms with Gasteiger partial charge < -0.3 is 9.88 Å². The average molecular weight is 430 g/mol. The third-order valence-electron chi connectivity index (χ3n) is 5.63. The van der Waals surface area contributed by atoms with Gasteiger partial charge >= 0.3 is 0 Å². The number of nitriles is 1. The molecule has 2 heterocycles. The van der Waals surface area contributed by atoms with Crippen molar-refractivity contribution in [2.75, 3.05) is 5.32 Å². The zero-order chi connectivity index (χ0) is 23.6. The molecule has 6 nitrogen and oxygen atoms in total. The van der Waals surface area contributed by atoms with Crippen LogP contribution < -0.4 is 5.32 Å². The first-order valence-electron chi connectivity index (χ1n) is 10.9. The first kappa shape index (κ1) is 23.1. The van der Waals surface area contributed by atoms with Crippen LogP contribution in [0.1, 0.15) is 47.8 Å². The monoisotopic (exact) mass is 429 g/mol. The third-order valence-corrected chi connectivity index (χ3v) is 5.63. The Hall–Kier alpha value is -3.59. The highest BCUT2D eigenvalue weighted by Gasteiger charge is 2.18. The number of amides is 1. The second-order valence-electron chi connectivity index (χ2n) is 8.75. The topological polar surface area (TPSA) is 75.6 Å². The molecular weight excluding hydrogens is 398 g/mol. The van der Waals surface area contributed by atoms with Crippen LogP contribution in [0.3, 0.4) is 0 Å². The molecular formula is C26H31N5O. The van der Waals surface area contributed by atoms with Crippen molar-refractivity contribution in [1.82, 2.24) is 14.3 Å². The fourth-order valence-electron chi connectivity index (χ4n) is 3.87. The van der Waals surface area contributed by atoms with Gasteiger partial charge in [0.15, 0.2) is 0 Å². The Bertz CT molecular complexity index is 1220. The van der Waals surface area contributed by atoms with E-state index in [1.54, 1.807) is 10.8 Å². The van der Waals surface area contributed by atoms with E-state index < -0.39 is 5.91 Å². The number of carbonyl (C=O) groups is 1. The molecule has 0 unspecified atom stereocenters. The Kier molecular flexibility index (Phi) is 6.69. The molecule has 166 valence electrons. The standard InChI is InChI=1S/C26H31N5O/c1-16(2)15-30-18(4)12-22(20(30)6)13-23(14-27)26(32)28-25-19(5)29-31(21(25)7)24-10-8-17(3)9-11-24/h8-13,16H,15H2,1-7H3,(H,28,32)/b23-13+. The SMILES string of the molecule is Cc1ccc(-n2nc(C)c(NC(=O)/C(C#N)=C/c3cc(C)n(CC(C)C)c3C)c2C)cc1. The van der Waals surface area contributed by atoms with Crippen molar-refractivity contribution in [2.45, 2.75) is 55.0 Å². The molecule has 0 aliphatic carbocycles. The first-order chi connectivity index (χ1) is 15.1. The highest BCUT2D eigenvalue weighted by molar-refractivity contribution is 6.10. The van der Waals surface area contributed by atoms with Crippen molar-refractivity contribution in [1.29, 1.82) is 5.26 Å². The van der Waals surface area contributed by atoms with Gasteiger partial charge in [-0.2, -0.15) is 10.4 Å². The number of hydrogen-bond acceptors (Lipinski definition) is 3. The van der Waals surface area contributed by atoms with Crippen molar-refractivity contribution in [3.63, 3.8) is 0 Å². The van der Waals surface area contributed by atoms with Crippen molar-refractivity contribution in [2.24, 2.45) is 5.92 Å². The number of carbonyl (C=O) groups excluding carboxylic acids is 1. The van der Waals surface area contributed by atoms with E-state index in [4.69, 9.17) is 0 Å². The molecule has 32 heavy (non-hydrogen) atoms. The van der Waals surface area contributed by atoms with Gasteiger partial charge in [0.25, 0.3) is 5.91 Å². The summed E-state index contributed by atoms with van der Waals surface area (Å²) in [5.41, 5.74) is 7.35. The summed E-state index contributed by atoms with van der Waals surface area (Å²) in [4.78, 5) is 13.0. The Morgan fingerprint density at radius 1 is 1.12 bits per heavy atom. The van der Waals surface area contributed by atoms with Crippen LogP contribution in [-0.4, -0.2) is 20.3 Å². The average Bonchev–Trinajstić information content (AvgIpc) is 3.16. The smallest absolute Gasteiger partial charge is 0.266 e. The normalized spacial score (nSPS) is 11.7. The molecule has 6 heteroatoms. The van der Waals surface area contributed by atoms with Gasteiger partial charge in [0, 0.05) is 17.9 Å². The molecule has 0 saturated carbocycles. The number of rotatable bonds is 6. The van der Waals surface area contributed by atoms with E-state index >= 15 is 0 Å². The molecule has 3 aromatic rings. The number of nitrogens with zero attached hydrogens (tertiary/aromatic N) is 4. The van der Waals surface area contributed by atoms with Crippen LogP contribution in [0.4, 0.5) is 5.69 Å². The summed E-state index contributed by atoms with van der Waals surface area (Å²) >= 11 is 0. The molecule has 3 rings (SSSR count). The molecule has 0 spiro atoms. The van der Waals surface area contributed by atoms with Gasteiger partial charge in [-0.3, -0.25) is 4.79 Å². The number of nitrogens with one attached hydrogen (secondary N) is 1. The molecule has 2 aromatic heterocycles. The van der Waals surface area contributed by atoms with Gasteiger partial charge in [-0.1, -0.05) is 31.5 Å². The van der Waals surface area contributed by atoms with E-state index in [0.29, 0.717) is 17.3 Å². The lowest BCUT2D eigenvalue weighted by atomic mass is 10.1. The highest BCUT2D eigenvalue weighted by Crippen LogP contribution is 2.25. The Morgan fingerprint density at radius 2 is 1.78 bits per heavy atom. The molecule has 1 aromatic carbocycles. The summed E-state index contributed by atoms with van der Waals surface area (Å²) in [7, 11) is 0. The maximum absolute atomic E-state index is 13.0. The molecule has 0 radical (unpaired) electrons. The van der Waals surface area contributed by atoms with Crippen LogP contribution >= 0.6 is 0 Å². The van der Waals surface area contributed by atoms with Crippen molar-refractivity contribution in [3.05, 3.63) is 69.8 Å². The first-order valence-corrected chi connectivity index (χ1v) is 10.9. The molecule has 0 fully saturated rings. The summed E-state index contributed by atoms with van der Waals surface area (Å²) in [5, 5.41) is 17.2. The van der Waals surface area contributed by atoms with Crippen LogP contribution in [0.25, 0.3) is 11.8 Å². The van der Waals surface area contributed by atoms with Crippen molar-refractivity contribution < 1.29 is 4.79 Å². The maximum atomic E-state index is 13.0. The lowest BCUT2D eigenvalue weighted by Crippen LogP contribution is -2.15. The van der Waals surface area contributed by atoms with E-state index in [1.165, 1.54) is 5.56 Å². The van der Waals surface area contributed by atoms with E-state index in [1.807, 2.05) is 65.0 Å². The van der Waals surface area contributed by atoms with E-state index in [2.05, 4.69) is 34.9 Å². The second kappa shape index (κ2) is 9.27. The van der Waals surface area contributed by atoms with Gasteiger partial charge in [0.1, 0.15) is 11.6 Å². The van der Waals surface area contributed by atoms with Gasteiger partial charge in [-0.25, -0.2) is 4.68 Å². The molecule has 0 aliphatic heterocycles. The number of aryl methyl sites for hydroxylation is 3. The molecule has 0 atom stereocenters. The lowest BCUT2D eigenvalue weighted by molar-refractivity contribution is -0.112. The van der Waals surface area contributed by atoms with Crippen LogP contribution in [-0.2, 0) is 11.3 Å². The fraction of sp³-hybridized carbons (Fsp3) is 0.346. The van der Waals surface area contributed by atoms with Crippen molar-refractivity contribution in [3.8, 4) is 11.8 Å². The second-order valence-corrected chi connectivity index (χ2v) is 8.75. The van der Waals surface area contributed by atoms with Gasteiger partial charge in [-0.05, 0) is 70.4 Å². The van der Waals surface area contributed by atoms with Gasteiger partial charge in [-0.15, -0.1) is 0 Å². The third kappa shape index (κ3) is 4.67. The quantitative estimate of drug-likeness (QED) is 0.420. The van der Waals surface area contributed by atoms with Crippen LogP contribution in [0, 0.1) is 51.9 Å². The van der Waals surface area contributed by atoms with E-state index in [0.717, 1.165) is 34.9 Å². The number of anilines is 1. The summed E-state index contributed by atoms with van der Waals surface area (Å²) in [6.07, 6.45) is 1.67. The van der Waals surface area contributed by atoms with Gasteiger partial charge in [0.05, 0.1) is 22.8 Å². The summed E-state index contributed by atoms with van der Waals surface area (Å²) in [6.45, 7) is 15.1. The van der Waals surface area contributed by atoms with Crippen LogP contribution in [0.2, 0.25) is 0 Å². The Morgan fingerprint density at radius 3 is 2.38 bits per heavy atom. The maximum Gasteiger partial charge on any atom is 0.266 e. The highest BCUT2D eigenvalue weighted by atomic mass is 16.1. The Labute approximate surface area is 190 Å².